The quantitative estimate of drug-likeness (QED) is 0.389. The highest BCUT2D eigenvalue weighted by molar-refractivity contribution is 6.05. The Labute approximate surface area is 274 Å². The van der Waals surface area contributed by atoms with Crippen LogP contribution in [0.4, 0.5) is 4.39 Å². The molecule has 0 unspecified atom stereocenters. The summed E-state index contributed by atoms with van der Waals surface area (Å²) in [7, 11) is 1.83. The van der Waals surface area contributed by atoms with Gasteiger partial charge in [0.2, 0.25) is 0 Å². The molecule has 0 radical (unpaired) electrons. The molecule has 2 aromatic heterocycles. The van der Waals surface area contributed by atoms with Crippen LogP contribution in [0.1, 0.15) is 79.0 Å². The third kappa shape index (κ3) is 5.59. The summed E-state index contributed by atoms with van der Waals surface area (Å²) in [5.74, 6) is -1.08. The van der Waals surface area contributed by atoms with Gasteiger partial charge in [0.25, 0.3) is 5.91 Å². The molecule has 3 aromatic rings. The first-order chi connectivity index (χ1) is 22.3. The molecule has 3 atom stereocenters. The maximum Gasteiger partial charge on any atom is 0.337 e. The van der Waals surface area contributed by atoms with E-state index < -0.39 is 23.5 Å². The summed E-state index contributed by atoms with van der Waals surface area (Å²) in [4.78, 5) is 36.8. The fourth-order valence-electron chi connectivity index (χ4n) is 8.02. The van der Waals surface area contributed by atoms with Crippen molar-refractivity contribution in [3.05, 3.63) is 46.0 Å². The number of carboxylic acid groups (broad SMARTS) is 1. The fourth-order valence-corrected chi connectivity index (χ4v) is 8.02. The number of halogens is 1. The molecule has 1 amide bonds. The second kappa shape index (κ2) is 11.9. The Bertz CT molecular complexity index is 1760. The van der Waals surface area contributed by atoms with Crippen molar-refractivity contribution in [2.24, 2.45) is 13.0 Å². The van der Waals surface area contributed by atoms with Crippen LogP contribution in [-0.2, 0) is 27.7 Å². The lowest BCUT2D eigenvalue weighted by Gasteiger charge is -2.38. The first-order valence-electron chi connectivity index (χ1n) is 16.8. The zero-order chi connectivity index (χ0) is 33.4. The van der Waals surface area contributed by atoms with Crippen LogP contribution in [0.2, 0.25) is 0 Å². The maximum absolute atomic E-state index is 15.8. The highest BCUT2D eigenvalue weighted by Gasteiger charge is 2.42. The highest BCUT2D eigenvalue weighted by Crippen LogP contribution is 2.45. The molecule has 7 heterocycles. The molecule has 252 valence electrons. The van der Waals surface area contributed by atoms with E-state index in [-0.39, 0.29) is 17.7 Å². The van der Waals surface area contributed by atoms with E-state index in [1.165, 1.54) is 6.07 Å². The van der Waals surface area contributed by atoms with Crippen molar-refractivity contribution >= 4 is 22.9 Å². The third-order valence-electron chi connectivity index (χ3n) is 10.4. The number of hydrogen-bond acceptors (Lipinski definition) is 7. The minimum Gasteiger partial charge on any atom is -0.490 e. The van der Waals surface area contributed by atoms with Crippen LogP contribution in [0.3, 0.4) is 0 Å². The van der Waals surface area contributed by atoms with Gasteiger partial charge in [-0.1, -0.05) is 0 Å². The van der Waals surface area contributed by atoms with Crippen LogP contribution in [0.25, 0.3) is 22.2 Å². The summed E-state index contributed by atoms with van der Waals surface area (Å²) in [6.07, 6.45) is 2.08. The summed E-state index contributed by atoms with van der Waals surface area (Å²) < 4.78 is 35.0. The number of ether oxygens (including phenoxy) is 3. The number of hydrogen-bond donors (Lipinski definition) is 1. The van der Waals surface area contributed by atoms with Crippen LogP contribution in [0.5, 0.6) is 5.75 Å². The van der Waals surface area contributed by atoms with Crippen LogP contribution < -0.4 is 4.74 Å². The summed E-state index contributed by atoms with van der Waals surface area (Å²) in [5.41, 5.74) is 3.69. The number of carbonyl (C=O) groups is 2. The van der Waals surface area contributed by atoms with E-state index in [0.29, 0.717) is 70.6 Å². The van der Waals surface area contributed by atoms with E-state index in [0.717, 1.165) is 56.7 Å². The number of aromatic nitrogens is 2. The molecule has 5 aliphatic rings. The molecular weight excluding hydrogens is 603 g/mol. The lowest BCUT2D eigenvalue weighted by molar-refractivity contribution is -0.160. The molecular formula is C36H45FN4O6. The van der Waals surface area contributed by atoms with E-state index >= 15 is 4.39 Å². The standard InChI is InChI=1S/C36H45FN4O6/c1-19-24-8-7-11-46-31(24)27(37)12-25(19)30-26-13-28(34(42)41-15-21-9-10-22(41)16-40(14-21)23-17-45-18-23)39(6)33(26)38-20(2)29(30)32(35(43)44)47-36(3,4)5/h12-13,21-23,32H,7-11,14-18H2,1-6H3,(H,43,44)/t21-,22+,32+/m1/s1. The second-order valence-corrected chi connectivity index (χ2v) is 14.8. The SMILES string of the molecule is Cc1nc2c(cc(C(=O)N3C[C@@H]4CC[C@H]3CN(C3COC3)C4)n2C)c(-c2cc(F)c3c(c2C)CCCO3)c1[C@H](OC(C)(C)C)C(=O)O. The van der Waals surface area contributed by atoms with Gasteiger partial charge in [0.15, 0.2) is 17.7 Å². The predicted octanol–water partition coefficient (Wildman–Crippen LogP) is 5.20. The highest BCUT2D eigenvalue weighted by atomic mass is 19.1. The van der Waals surface area contributed by atoms with Crippen LogP contribution in [0.15, 0.2) is 12.1 Å². The molecule has 47 heavy (non-hydrogen) atoms. The molecule has 4 saturated heterocycles. The molecule has 2 bridgehead atoms. The van der Waals surface area contributed by atoms with Crippen molar-refractivity contribution in [1.29, 1.82) is 0 Å². The number of carbonyl (C=O) groups excluding carboxylic acids is 1. The minimum absolute atomic E-state index is 0.0699. The molecule has 0 saturated carbocycles. The van der Waals surface area contributed by atoms with E-state index in [2.05, 4.69) is 4.90 Å². The summed E-state index contributed by atoms with van der Waals surface area (Å²) >= 11 is 0. The van der Waals surface area contributed by atoms with Crippen molar-refractivity contribution in [3.8, 4) is 16.9 Å². The first-order valence-corrected chi connectivity index (χ1v) is 16.8. The van der Waals surface area contributed by atoms with Gasteiger partial charge in [-0.25, -0.2) is 14.2 Å². The number of nitrogens with zero attached hydrogens (tertiary/aromatic N) is 4. The van der Waals surface area contributed by atoms with Crippen molar-refractivity contribution in [1.82, 2.24) is 19.4 Å². The van der Waals surface area contributed by atoms with Crippen molar-refractivity contribution < 1.29 is 33.3 Å². The van der Waals surface area contributed by atoms with Crippen LogP contribution >= 0.6 is 0 Å². The maximum atomic E-state index is 15.8. The smallest absolute Gasteiger partial charge is 0.337 e. The summed E-state index contributed by atoms with van der Waals surface area (Å²) in [6, 6.07) is 3.77. The van der Waals surface area contributed by atoms with Gasteiger partial charge in [0.1, 0.15) is 11.3 Å². The van der Waals surface area contributed by atoms with E-state index in [9.17, 15) is 14.7 Å². The number of piperidine rings is 1. The van der Waals surface area contributed by atoms with Gasteiger partial charge >= 0.3 is 5.97 Å². The predicted molar refractivity (Wildman–Crippen MR) is 174 cm³/mol. The zero-order valence-electron chi connectivity index (χ0n) is 28.2. The Kier molecular flexibility index (Phi) is 8.08. The van der Waals surface area contributed by atoms with Gasteiger partial charge in [0.05, 0.1) is 31.5 Å². The van der Waals surface area contributed by atoms with E-state index in [4.69, 9.17) is 19.2 Å². The lowest BCUT2D eigenvalue weighted by atomic mass is 9.86. The monoisotopic (exact) mass is 648 g/mol. The Balaban J connectivity index is 1.40. The van der Waals surface area contributed by atoms with Gasteiger partial charge in [0, 0.05) is 60.5 Å². The molecule has 11 heteroatoms. The number of aliphatic carboxylic acids is 1. The van der Waals surface area contributed by atoms with Crippen LogP contribution in [-0.4, -0.2) is 93.5 Å². The van der Waals surface area contributed by atoms with Gasteiger partial charge in [-0.3, -0.25) is 9.69 Å². The van der Waals surface area contributed by atoms with E-state index in [1.807, 2.05) is 29.5 Å². The van der Waals surface area contributed by atoms with Gasteiger partial charge in [-0.2, -0.15) is 0 Å². The van der Waals surface area contributed by atoms with Gasteiger partial charge < -0.3 is 28.8 Å². The average Bonchev–Trinajstić information content (AvgIpc) is 3.11. The lowest BCUT2D eigenvalue weighted by Crippen LogP contribution is -2.52. The molecule has 1 aromatic carbocycles. The molecule has 4 fully saturated rings. The summed E-state index contributed by atoms with van der Waals surface area (Å²) in [5, 5.41) is 11.1. The Morgan fingerprint density at radius 1 is 1.11 bits per heavy atom. The normalized spacial score (nSPS) is 22.5. The number of benzene rings is 1. The molecule has 8 rings (SSSR count). The topological polar surface area (TPSA) is 106 Å². The van der Waals surface area contributed by atoms with Gasteiger partial charge in [-0.15, -0.1) is 0 Å². The molecule has 0 spiro atoms. The Morgan fingerprint density at radius 2 is 1.87 bits per heavy atom. The zero-order valence-corrected chi connectivity index (χ0v) is 28.2. The minimum atomic E-state index is -1.38. The molecule has 10 nitrogen and oxygen atoms in total. The largest absolute Gasteiger partial charge is 0.490 e. The fraction of sp³-hybridized carbons (Fsp3) is 0.583. The van der Waals surface area contributed by atoms with Crippen LogP contribution in [0, 0.1) is 25.6 Å². The first kappa shape index (κ1) is 32.0. The average molecular weight is 649 g/mol. The molecule has 5 aliphatic heterocycles. The number of aryl methyl sites for hydroxylation is 2. The number of amides is 1. The van der Waals surface area contributed by atoms with Gasteiger partial charge in [-0.05, 0) is 89.5 Å². The second-order valence-electron chi connectivity index (χ2n) is 14.8. The number of carboxylic acids is 1. The van der Waals surface area contributed by atoms with Crippen molar-refractivity contribution in [3.63, 3.8) is 0 Å². The van der Waals surface area contributed by atoms with Crippen molar-refractivity contribution in [2.75, 3.05) is 39.5 Å². The number of fused-ring (bicyclic) bond motifs is 6. The number of pyridine rings is 1. The summed E-state index contributed by atoms with van der Waals surface area (Å²) in [6.45, 7) is 13.5. The Morgan fingerprint density at radius 3 is 2.55 bits per heavy atom. The number of rotatable bonds is 6. The molecule has 0 aliphatic carbocycles. The van der Waals surface area contributed by atoms with Crippen molar-refractivity contribution in [2.45, 2.75) is 84.1 Å². The van der Waals surface area contributed by atoms with E-state index in [1.54, 1.807) is 27.7 Å². The third-order valence-corrected chi connectivity index (χ3v) is 10.4. The Hall–Kier alpha value is -3.54. The molecule has 1 N–H and O–H groups in total.